The molecule has 12 heteroatoms. The Morgan fingerprint density at radius 1 is 0.651 bits per heavy atom. The van der Waals surface area contributed by atoms with E-state index in [0.717, 1.165) is 38.8 Å². The molecule has 4 aromatic heterocycles. The molecule has 0 aliphatic heterocycles. The van der Waals surface area contributed by atoms with Gasteiger partial charge in [0.2, 0.25) is 0 Å². The first-order valence-corrected chi connectivity index (χ1v) is 17.7. The molecule has 0 aromatic carbocycles. The van der Waals surface area contributed by atoms with E-state index in [1.807, 2.05) is 84.1 Å². The van der Waals surface area contributed by atoms with Crippen molar-refractivity contribution in [2.75, 3.05) is 34.1 Å². The summed E-state index contributed by atoms with van der Waals surface area (Å²) in [6, 6.07) is 16.3. The van der Waals surface area contributed by atoms with Crippen LogP contribution in [0.1, 0.15) is 38.8 Å². The Hall–Kier alpha value is -2.74. The molecule has 0 saturated heterocycles. The number of hydrogen-bond donors (Lipinski definition) is 0. The van der Waals surface area contributed by atoms with Gasteiger partial charge in [0, 0.05) is 25.6 Å². The lowest BCUT2D eigenvalue weighted by Crippen LogP contribution is -2.32. The molecule has 8 nitrogen and oxygen atoms in total. The van der Waals surface area contributed by atoms with E-state index in [1.165, 1.54) is 0 Å². The van der Waals surface area contributed by atoms with E-state index >= 15 is 0 Å². The van der Waals surface area contributed by atoms with Crippen LogP contribution in [0.25, 0.3) is 0 Å². The van der Waals surface area contributed by atoms with Crippen LogP contribution in [0, 0.1) is 0 Å². The van der Waals surface area contributed by atoms with Crippen LogP contribution in [0.3, 0.4) is 0 Å². The van der Waals surface area contributed by atoms with Gasteiger partial charge in [-0.2, -0.15) is 0 Å². The Bertz CT molecular complexity index is 1220. The van der Waals surface area contributed by atoms with Crippen molar-refractivity contribution in [1.29, 1.82) is 0 Å². The van der Waals surface area contributed by atoms with E-state index < -0.39 is 0 Å². The Morgan fingerprint density at radius 3 is 1.49 bits per heavy atom. The van der Waals surface area contributed by atoms with Crippen molar-refractivity contribution in [3.05, 3.63) is 89.6 Å². The molecular formula is C31H39N3O5S4. The number of rotatable bonds is 18. The zero-order valence-corrected chi connectivity index (χ0v) is 27.9. The smallest absolute Gasteiger partial charge is 0.412 e. The van der Waals surface area contributed by atoms with E-state index in [4.69, 9.17) is 14.2 Å². The number of nitrogens with zero attached hydrogens (tertiary/aromatic N) is 3. The van der Waals surface area contributed by atoms with Crippen molar-refractivity contribution in [2.24, 2.45) is 0 Å². The molecule has 232 valence electrons. The van der Waals surface area contributed by atoms with Crippen molar-refractivity contribution >= 4 is 57.5 Å². The van der Waals surface area contributed by atoms with Gasteiger partial charge in [0.15, 0.2) is 6.79 Å². The summed E-state index contributed by atoms with van der Waals surface area (Å²) in [6.45, 7) is 2.81. The van der Waals surface area contributed by atoms with Gasteiger partial charge in [-0.3, -0.25) is 9.80 Å². The highest BCUT2D eigenvalue weighted by molar-refractivity contribution is 7.10. The van der Waals surface area contributed by atoms with Gasteiger partial charge in [-0.15, -0.1) is 45.3 Å². The maximum atomic E-state index is 12.9. The highest BCUT2D eigenvalue weighted by Gasteiger charge is 2.19. The maximum absolute atomic E-state index is 12.9. The zero-order chi connectivity index (χ0) is 30.3. The van der Waals surface area contributed by atoms with Crippen LogP contribution >= 0.6 is 45.3 Å². The quantitative estimate of drug-likeness (QED) is 0.0796. The summed E-state index contributed by atoms with van der Waals surface area (Å²) < 4.78 is 16.9. The van der Waals surface area contributed by atoms with Crippen LogP contribution < -0.4 is 0 Å². The highest BCUT2D eigenvalue weighted by atomic mass is 32.1. The third-order valence-corrected chi connectivity index (χ3v) is 10.2. The molecule has 0 spiro atoms. The van der Waals surface area contributed by atoms with Crippen LogP contribution in [0.15, 0.2) is 70.1 Å². The molecule has 2 amide bonds. The standard InChI is InChI=1S/C31H39N3O5S4/c1-32(2)25(8-3-14-38-30(35)33(20-26-9-4-16-40-26)21-27-10-5-17-41-27)13-15-37-24-39-31(36)34(22-28-11-6-18-42-28)23-29-12-7-19-43-29/h4-7,9-12,16-19,25H,3,8,13-15,20-24H2,1-2H3. The molecule has 1 atom stereocenters. The fraction of sp³-hybridized carbons (Fsp3) is 0.419. The Balaban J connectivity index is 1.15. The number of hydrogen-bond acceptors (Lipinski definition) is 10. The molecule has 0 aliphatic carbocycles. The van der Waals surface area contributed by atoms with Crippen molar-refractivity contribution in [3.8, 4) is 0 Å². The van der Waals surface area contributed by atoms with Gasteiger partial charge in [-0.25, -0.2) is 9.59 Å². The molecule has 0 fully saturated rings. The van der Waals surface area contributed by atoms with Gasteiger partial charge in [-0.05, 0) is 79.1 Å². The lowest BCUT2D eigenvalue weighted by molar-refractivity contribution is -0.0339. The molecule has 0 N–H and O–H groups in total. The molecule has 4 aromatic rings. The maximum Gasteiger partial charge on any atom is 0.412 e. The second-order valence-electron chi connectivity index (χ2n) is 10.1. The van der Waals surface area contributed by atoms with E-state index in [9.17, 15) is 9.59 Å². The molecule has 4 heterocycles. The largest absolute Gasteiger partial charge is 0.449 e. The predicted molar refractivity (Wildman–Crippen MR) is 176 cm³/mol. The second kappa shape index (κ2) is 18.2. The van der Waals surface area contributed by atoms with E-state index in [0.29, 0.717) is 39.4 Å². The van der Waals surface area contributed by atoms with Crippen LogP contribution in [0.2, 0.25) is 0 Å². The number of thiophene rings is 4. The van der Waals surface area contributed by atoms with E-state index in [-0.39, 0.29) is 25.0 Å². The normalized spacial score (nSPS) is 11.9. The fourth-order valence-corrected chi connectivity index (χ4v) is 7.30. The third-order valence-electron chi connectivity index (χ3n) is 6.72. The van der Waals surface area contributed by atoms with Crippen molar-refractivity contribution in [1.82, 2.24) is 14.7 Å². The number of ether oxygens (including phenoxy) is 3. The summed E-state index contributed by atoms with van der Waals surface area (Å²) in [5.74, 6) is 0. The average Bonchev–Trinajstić information content (AvgIpc) is 3.82. The Labute approximate surface area is 270 Å². The van der Waals surface area contributed by atoms with Gasteiger partial charge in [0.1, 0.15) is 0 Å². The minimum Gasteiger partial charge on any atom is -0.449 e. The average molecular weight is 662 g/mol. The summed E-state index contributed by atoms with van der Waals surface area (Å²) in [5, 5.41) is 8.05. The number of carbonyl (C=O) groups is 2. The van der Waals surface area contributed by atoms with Crippen LogP contribution in [0.5, 0.6) is 0 Å². The number of amides is 2. The summed E-state index contributed by atoms with van der Waals surface area (Å²) in [5.41, 5.74) is 0. The summed E-state index contributed by atoms with van der Waals surface area (Å²) >= 11 is 6.52. The molecule has 0 saturated carbocycles. The highest BCUT2D eigenvalue weighted by Crippen LogP contribution is 2.20. The SMILES string of the molecule is CN(C)C(CCCOC(=O)N(Cc1cccs1)Cc1cccs1)CCOCOC(=O)N(Cc1cccs1)Cc1cccs1. The first-order chi connectivity index (χ1) is 21.0. The topological polar surface area (TPSA) is 71.5 Å². The van der Waals surface area contributed by atoms with E-state index in [1.54, 1.807) is 55.1 Å². The summed E-state index contributed by atoms with van der Waals surface area (Å²) in [7, 11) is 4.07. The molecular weight excluding hydrogens is 623 g/mol. The molecule has 0 bridgehead atoms. The predicted octanol–water partition coefficient (Wildman–Crippen LogP) is 7.99. The third kappa shape index (κ3) is 11.7. The minimum atomic E-state index is -0.389. The zero-order valence-electron chi connectivity index (χ0n) is 24.6. The first-order valence-electron chi connectivity index (χ1n) is 14.1. The number of carbonyl (C=O) groups excluding carboxylic acids is 2. The second-order valence-corrected chi connectivity index (χ2v) is 14.3. The van der Waals surface area contributed by atoms with Gasteiger partial charge >= 0.3 is 12.2 Å². The van der Waals surface area contributed by atoms with Gasteiger partial charge in [0.25, 0.3) is 0 Å². The molecule has 4 rings (SSSR count). The van der Waals surface area contributed by atoms with Crippen molar-refractivity contribution < 1.29 is 23.8 Å². The fourth-order valence-electron chi connectivity index (χ4n) is 4.42. The van der Waals surface area contributed by atoms with Crippen LogP contribution in [-0.4, -0.2) is 67.0 Å². The van der Waals surface area contributed by atoms with Crippen molar-refractivity contribution in [2.45, 2.75) is 51.5 Å². The molecule has 1 unspecified atom stereocenters. The summed E-state index contributed by atoms with van der Waals surface area (Å²) in [4.78, 5) is 35.9. The summed E-state index contributed by atoms with van der Waals surface area (Å²) in [6.07, 6.45) is 1.69. The van der Waals surface area contributed by atoms with Gasteiger partial charge < -0.3 is 19.1 Å². The Kier molecular flexibility index (Phi) is 14.0. The molecule has 0 radical (unpaired) electrons. The van der Waals surface area contributed by atoms with E-state index in [2.05, 4.69) is 4.90 Å². The Morgan fingerprint density at radius 2 is 1.09 bits per heavy atom. The lowest BCUT2D eigenvalue weighted by atomic mass is 10.1. The van der Waals surface area contributed by atoms with Gasteiger partial charge in [-0.1, -0.05) is 24.3 Å². The molecule has 43 heavy (non-hydrogen) atoms. The monoisotopic (exact) mass is 661 g/mol. The minimum absolute atomic E-state index is 0.0910. The van der Waals surface area contributed by atoms with Gasteiger partial charge in [0.05, 0.1) is 39.4 Å². The lowest BCUT2D eigenvalue weighted by Gasteiger charge is -2.25. The van der Waals surface area contributed by atoms with Crippen molar-refractivity contribution in [3.63, 3.8) is 0 Å². The first kappa shape index (κ1) is 33.2. The molecule has 0 aliphatic rings. The van der Waals surface area contributed by atoms with Crippen LogP contribution in [-0.2, 0) is 40.4 Å². The van der Waals surface area contributed by atoms with Crippen LogP contribution in [0.4, 0.5) is 9.59 Å².